The summed E-state index contributed by atoms with van der Waals surface area (Å²) in [4.78, 5) is 11.7. The lowest BCUT2D eigenvalue weighted by Gasteiger charge is -2.19. The summed E-state index contributed by atoms with van der Waals surface area (Å²) in [5.41, 5.74) is 1.84. The molecule has 1 aromatic carbocycles. The number of carbonyl (C=O) groups excluding carboxylic acids is 1. The van der Waals surface area contributed by atoms with Gasteiger partial charge in [-0.3, -0.25) is 4.79 Å². The molecule has 0 radical (unpaired) electrons. The third-order valence-corrected chi connectivity index (χ3v) is 3.23. The predicted octanol–water partition coefficient (Wildman–Crippen LogP) is 3.26. The Morgan fingerprint density at radius 1 is 1.47 bits per heavy atom. The van der Waals surface area contributed by atoms with Gasteiger partial charge in [0.1, 0.15) is 5.60 Å². The SMILES string of the molecule is CC(C)(C)OC(=O)CCc1ccc(Cl)c(C2CN2)c1. The van der Waals surface area contributed by atoms with Crippen molar-refractivity contribution in [2.45, 2.75) is 45.3 Å². The van der Waals surface area contributed by atoms with Crippen molar-refractivity contribution < 1.29 is 9.53 Å². The van der Waals surface area contributed by atoms with E-state index in [0.29, 0.717) is 18.9 Å². The average Bonchev–Trinajstić information content (AvgIpc) is 3.09. The van der Waals surface area contributed by atoms with Crippen LogP contribution in [-0.4, -0.2) is 18.1 Å². The monoisotopic (exact) mass is 281 g/mol. The summed E-state index contributed by atoms with van der Waals surface area (Å²) in [5.74, 6) is -0.159. The molecular formula is C15H20ClNO2. The largest absolute Gasteiger partial charge is 0.460 e. The van der Waals surface area contributed by atoms with E-state index in [1.54, 1.807) is 0 Å². The Morgan fingerprint density at radius 3 is 2.74 bits per heavy atom. The molecule has 1 saturated heterocycles. The Labute approximate surface area is 119 Å². The van der Waals surface area contributed by atoms with Gasteiger partial charge in [-0.15, -0.1) is 0 Å². The lowest BCUT2D eigenvalue weighted by atomic mass is 10.0. The lowest BCUT2D eigenvalue weighted by Crippen LogP contribution is -2.24. The molecule has 1 N–H and O–H groups in total. The van der Waals surface area contributed by atoms with Crippen LogP contribution in [0.5, 0.6) is 0 Å². The van der Waals surface area contributed by atoms with Crippen molar-refractivity contribution in [1.29, 1.82) is 0 Å². The van der Waals surface area contributed by atoms with Crippen LogP contribution in [0.3, 0.4) is 0 Å². The van der Waals surface area contributed by atoms with Gasteiger partial charge in [-0.25, -0.2) is 0 Å². The fraction of sp³-hybridized carbons (Fsp3) is 0.533. The molecule has 0 aromatic heterocycles. The summed E-state index contributed by atoms with van der Waals surface area (Å²) in [6, 6.07) is 6.34. The number of hydrogen-bond donors (Lipinski definition) is 1. The van der Waals surface area contributed by atoms with Gasteiger partial charge in [0.15, 0.2) is 0 Å². The van der Waals surface area contributed by atoms with Crippen molar-refractivity contribution in [3.8, 4) is 0 Å². The molecule has 1 atom stereocenters. The van der Waals surface area contributed by atoms with Crippen molar-refractivity contribution in [2.75, 3.05) is 6.54 Å². The molecule has 1 aliphatic heterocycles. The maximum absolute atomic E-state index is 11.7. The van der Waals surface area contributed by atoms with E-state index in [0.717, 1.165) is 22.7 Å². The summed E-state index contributed by atoms with van der Waals surface area (Å²) in [6.07, 6.45) is 1.09. The van der Waals surface area contributed by atoms with Crippen molar-refractivity contribution in [3.63, 3.8) is 0 Å². The molecule has 0 saturated carbocycles. The Balaban J connectivity index is 1.93. The Hall–Kier alpha value is -1.06. The van der Waals surface area contributed by atoms with Crippen LogP contribution >= 0.6 is 11.6 Å². The van der Waals surface area contributed by atoms with Gasteiger partial charge in [0.2, 0.25) is 0 Å². The van der Waals surface area contributed by atoms with Gasteiger partial charge in [0.05, 0.1) is 0 Å². The van der Waals surface area contributed by atoms with Gasteiger partial charge in [-0.1, -0.05) is 23.7 Å². The Morgan fingerprint density at radius 2 is 2.16 bits per heavy atom. The molecule has 1 unspecified atom stereocenters. The first kappa shape index (κ1) is 14.4. The lowest BCUT2D eigenvalue weighted by molar-refractivity contribution is -0.154. The molecule has 1 fully saturated rings. The summed E-state index contributed by atoms with van der Waals surface area (Å²) >= 11 is 6.15. The highest BCUT2D eigenvalue weighted by atomic mass is 35.5. The highest BCUT2D eigenvalue weighted by Crippen LogP contribution is 2.29. The summed E-state index contributed by atoms with van der Waals surface area (Å²) < 4.78 is 5.30. The summed E-state index contributed by atoms with van der Waals surface area (Å²) in [7, 11) is 0. The summed E-state index contributed by atoms with van der Waals surface area (Å²) in [6.45, 7) is 6.62. The smallest absolute Gasteiger partial charge is 0.306 e. The second-order valence-electron chi connectivity index (χ2n) is 5.90. The van der Waals surface area contributed by atoms with E-state index in [9.17, 15) is 4.79 Å². The highest BCUT2D eigenvalue weighted by Gasteiger charge is 2.25. The van der Waals surface area contributed by atoms with Crippen LogP contribution in [0.4, 0.5) is 0 Å². The molecule has 1 heterocycles. The predicted molar refractivity (Wildman–Crippen MR) is 76.4 cm³/mol. The van der Waals surface area contributed by atoms with Gasteiger partial charge in [-0.2, -0.15) is 0 Å². The minimum absolute atomic E-state index is 0.159. The quantitative estimate of drug-likeness (QED) is 0.681. The fourth-order valence-electron chi connectivity index (χ4n) is 1.93. The van der Waals surface area contributed by atoms with Crippen LogP contribution in [-0.2, 0) is 16.0 Å². The number of ether oxygens (including phenoxy) is 1. The molecule has 4 heteroatoms. The molecule has 104 valence electrons. The molecule has 0 amide bonds. The molecule has 19 heavy (non-hydrogen) atoms. The number of halogens is 1. The van der Waals surface area contributed by atoms with Crippen LogP contribution in [0.25, 0.3) is 0 Å². The third-order valence-electron chi connectivity index (χ3n) is 2.88. The van der Waals surface area contributed by atoms with E-state index in [4.69, 9.17) is 16.3 Å². The Bertz CT molecular complexity index is 476. The fourth-order valence-corrected chi connectivity index (χ4v) is 2.18. The molecule has 0 bridgehead atoms. The van der Waals surface area contributed by atoms with Gasteiger partial charge in [0.25, 0.3) is 0 Å². The minimum atomic E-state index is -0.416. The molecule has 0 spiro atoms. The number of nitrogens with one attached hydrogen (secondary N) is 1. The average molecular weight is 282 g/mol. The number of benzene rings is 1. The van der Waals surface area contributed by atoms with E-state index in [1.165, 1.54) is 0 Å². The van der Waals surface area contributed by atoms with E-state index in [-0.39, 0.29) is 5.97 Å². The number of rotatable bonds is 4. The first-order valence-corrected chi connectivity index (χ1v) is 6.96. The van der Waals surface area contributed by atoms with Gasteiger partial charge in [-0.05, 0) is 44.4 Å². The molecule has 2 rings (SSSR count). The molecule has 0 aliphatic carbocycles. The van der Waals surface area contributed by atoms with E-state index >= 15 is 0 Å². The highest BCUT2D eigenvalue weighted by molar-refractivity contribution is 6.31. The molecular weight excluding hydrogens is 262 g/mol. The van der Waals surface area contributed by atoms with Gasteiger partial charge < -0.3 is 10.1 Å². The van der Waals surface area contributed by atoms with Crippen LogP contribution in [0, 0.1) is 0 Å². The number of hydrogen-bond acceptors (Lipinski definition) is 3. The van der Waals surface area contributed by atoms with Crippen LogP contribution in [0.2, 0.25) is 5.02 Å². The first-order chi connectivity index (χ1) is 8.85. The third kappa shape index (κ3) is 4.51. The Kier molecular flexibility index (Phi) is 4.16. The zero-order chi connectivity index (χ0) is 14.0. The van der Waals surface area contributed by atoms with Crippen LogP contribution in [0.15, 0.2) is 18.2 Å². The van der Waals surface area contributed by atoms with Crippen molar-refractivity contribution >= 4 is 17.6 Å². The summed E-state index contributed by atoms with van der Waals surface area (Å²) in [5, 5.41) is 4.03. The second kappa shape index (κ2) is 5.51. The van der Waals surface area contributed by atoms with Crippen molar-refractivity contribution in [2.24, 2.45) is 0 Å². The topological polar surface area (TPSA) is 48.2 Å². The maximum atomic E-state index is 11.7. The van der Waals surface area contributed by atoms with E-state index in [2.05, 4.69) is 11.4 Å². The normalized spacial score (nSPS) is 18.2. The van der Waals surface area contributed by atoms with Crippen molar-refractivity contribution in [1.82, 2.24) is 5.32 Å². The first-order valence-electron chi connectivity index (χ1n) is 6.59. The van der Waals surface area contributed by atoms with E-state index in [1.807, 2.05) is 32.9 Å². The van der Waals surface area contributed by atoms with Crippen molar-refractivity contribution in [3.05, 3.63) is 34.3 Å². The minimum Gasteiger partial charge on any atom is -0.460 e. The standard InChI is InChI=1S/C15H20ClNO2/c1-15(2,3)19-14(18)7-5-10-4-6-12(16)11(8-10)13-9-17-13/h4,6,8,13,17H,5,7,9H2,1-3H3. The zero-order valence-electron chi connectivity index (χ0n) is 11.6. The number of aryl methyl sites for hydroxylation is 1. The number of carbonyl (C=O) groups is 1. The van der Waals surface area contributed by atoms with Crippen LogP contribution in [0.1, 0.15) is 44.4 Å². The van der Waals surface area contributed by atoms with Crippen LogP contribution < -0.4 is 5.32 Å². The van der Waals surface area contributed by atoms with Gasteiger partial charge in [0, 0.05) is 24.0 Å². The zero-order valence-corrected chi connectivity index (χ0v) is 12.4. The van der Waals surface area contributed by atoms with Gasteiger partial charge >= 0.3 is 5.97 Å². The number of esters is 1. The van der Waals surface area contributed by atoms with E-state index < -0.39 is 5.60 Å². The second-order valence-corrected chi connectivity index (χ2v) is 6.31. The maximum Gasteiger partial charge on any atom is 0.306 e. The molecule has 3 nitrogen and oxygen atoms in total. The molecule has 1 aromatic rings. The molecule has 1 aliphatic rings.